The first-order chi connectivity index (χ1) is 8.29. The lowest BCUT2D eigenvalue weighted by atomic mass is 10.2. The molecule has 5 heteroatoms. The number of nitrogens with zero attached hydrogens (tertiary/aromatic N) is 3. The molecule has 2 aromatic heterocycles. The number of rotatable bonds is 4. The van der Waals surface area contributed by atoms with E-state index in [0.29, 0.717) is 11.5 Å². The predicted molar refractivity (Wildman–Crippen MR) is 68.0 cm³/mol. The quantitative estimate of drug-likeness (QED) is 0.898. The first-order valence-corrected chi connectivity index (χ1v) is 6.17. The molecular formula is C12H12N4S. The van der Waals surface area contributed by atoms with E-state index in [4.69, 9.17) is 5.26 Å². The van der Waals surface area contributed by atoms with Crippen LogP contribution < -0.4 is 5.32 Å². The van der Waals surface area contributed by atoms with Crippen LogP contribution in [0.15, 0.2) is 29.9 Å². The molecule has 2 aromatic rings. The molecule has 0 aromatic carbocycles. The van der Waals surface area contributed by atoms with Crippen molar-refractivity contribution in [1.29, 1.82) is 5.26 Å². The van der Waals surface area contributed by atoms with Crippen molar-refractivity contribution in [3.05, 3.63) is 40.5 Å². The molecule has 0 aliphatic heterocycles. The minimum Gasteiger partial charge on any atom is -0.369 e. The summed E-state index contributed by atoms with van der Waals surface area (Å²) in [5.41, 5.74) is 0.615. The Morgan fingerprint density at radius 2 is 2.35 bits per heavy atom. The van der Waals surface area contributed by atoms with E-state index in [1.165, 1.54) is 0 Å². The van der Waals surface area contributed by atoms with Crippen molar-refractivity contribution >= 4 is 17.2 Å². The summed E-state index contributed by atoms with van der Waals surface area (Å²) >= 11 is 1.65. The van der Waals surface area contributed by atoms with Gasteiger partial charge in [-0.25, -0.2) is 9.97 Å². The molecule has 0 aliphatic carbocycles. The molecule has 17 heavy (non-hydrogen) atoms. The smallest absolute Gasteiger partial charge is 0.127 e. The number of anilines is 1. The van der Waals surface area contributed by atoms with E-state index in [1.54, 1.807) is 29.7 Å². The predicted octanol–water partition coefficient (Wildman–Crippen LogP) is 2.63. The van der Waals surface area contributed by atoms with Crippen LogP contribution in [0.2, 0.25) is 0 Å². The summed E-state index contributed by atoms with van der Waals surface area (Å²) in [5, 5.41) is 15.1. The third-order valence-corrected chi connectivity index (χ3v) is 3.36. The average Bonchev–Trinajstić information content (AvgIpc) is 2.90. The molecule has 0 radical (unpaired) electrons. The maximum atomic E-state index is 8.78. The highest BCUT2D eigenvalue weighted by Gasteiger charge is 2.07. The van der Waals surface area contributed by atoms with Crippen molar-refractivity contribution in [3.63, 3.8) is 0 Å². The molecule has 2 heterocycles. The lowest BCUT2D eigenvalue weighted by Crippen LogP contribution is -2.10. The second kappa shape index (κ2) is 5.41. The number of hydrogen-bond acceptors (Lipinski definition) is 5. The molecule has 86 valence electrons. The molecule has 1 unspecified atom stereocenters. The molecule has 0 fully saturated rings. The molecule has 0 spiro atoms. The highest BCUT2D eigenvalue weighted by atomic mass is 32.1. The van der Waals surface area contributed by atoms with Crippen LogP contribution in [0.25, 0.3) is 0 Å². The highest BCUT2D eigenvalue weighted by Crippen LogP contribution is 2.18. The minimum atomic E-state index is 0.336. The minimum absolute atomic E-state index is 0.336. The van der Waals surface area contributed by atoms with Crippen LogP contribution in [-0.4, -0.2) is 16.5 Å². The third-order valence-electron chi connectivity index (χ3n) is 2.35. The van der Waals surface area contributed by atoms with Gasteiger partial charge in [0.25, 0.3) is 0 Å². The molecule has 0 aliphatic rings. The van der Waals surface area contributed by atoms with Gasteiger partial charge in [-0.15, -0.1) is 11.3 Å². The van der Waals surface area contributed by atoms with Crippen LogP contribution in [0.3, 0.4) is 0 Å². The topological polar surface area (TPSA) is 61.6 Å². The van der Waals surface area contributed by atoms with Crippen LogP contribution >= 0.6 is 11.3 Å². The number of pyridine rings is 1. The number of nitriles is 1. The molecule has 1 N–H and O–H groups in total. The maximum Gasteiger partial charge on any atom is 0.127 e. The van der Waals surface area contributed by atoms with Gasteiger partial charge in [0.05, 0.1) is 16.6 Å². The Kier molecular flexibility index (Phi) is 3.68. The van der Waals surface area contributed by atoms with E-state index in [9.17, 15) is 0 Å². The normalized spacial score (nSPS) is 11.8. The summed E-state index contributed by atoms with van der Waals surface area (Å²) < 4.78 is 0. The van der Waals surface area contributed by atoms with Gasteiger partial charge in [-0.1, -0.05) is 6.92 Å². The first-order valence-electron chi connectivity index (χ1n) is 5.29. The van der Waals surface area contributed by atoms with Gasteiger partial charge in [0, 0.05) is 30.2 Å². The van der Waals surface area contributed by atoms with Crippen molar-refractivity contribution in [1.82, 2.24) is 9.97 Å². The van der Waals surface area contributed by atoms with E-state index in [0.717, 1.165) is 17.4 Å². The monoisotopic (exact) mass is 244 g/mol. The maximum absolute atomic E-state index is 8.78. The fourth-order valence-corrected chi connectivity index (χ4v) is 2.12. The van der Waals surface area contributed by atoms with Gasteiger partial charge in [-0.3, -0.25) is 0 Å². The number of nitrogens with one attached hydrogen (secondary N) is 1. The molecular weight excluding hydrogens is 232 g/mol. The molecule has 0 saturated heterocycles. The van der Waals surface area contributed by atoms with E-state index in [2.05, 4.69) is 28.3 Å². The lowest BCUT2D eigenvalue weighted by Gasteiger charge is -2.10. The highest BCUT2D eigenvalue weighted by molar-refractivity contribution is 7.09. The largest absolute Gasteiger partial charge is 0.369 e. The summed E-state index contributed by atoms with van der Waals surface area (Å²) in [6, 6.07) is 5.53. The first kappa shape index (κ1) is 11.6. The van der Waals surface area contributed by atoms with Crippen LogP contribution in [0, 0.1) is 11.3 Å². The van der Waals surface area contributed by atoms with Crippen LogP contribution in [0.1, 0.15) is 23.4 Å². The van der Waals surface area contributed by atoms with Gasteiger partial charge in [0.2, 0.25) is 0 Å². The average molecular weight is 244 g/mol. The summed E-state index contributed by atoms with van der Waals surface area (Å²) in [5.74, 6) is 1.06. The van der Waals surface area contributed by atoms with Gasteiger partial charge in [-0.05, 0) is 12.1 Å². The number of aromatic nitrogens is 2. The van der Waals surface area contributed by atoms with Gasteiger partial charge < -0.3 is 5.32 Å². The second-order valence-electron chi connectivity index (χ2n) is 3.69. The Balaban J connectivity index is 1.96. The van der Waals surface area contributed by atoms with Crippen molar-refractivity contribution in [3.8, 4) is 6.07 Å². The van der Waals surface area contributed by atoms with Crippen molar-refractivity contribution in [2.45, 2.75) is 12.8 Å². The van der Waals surface area contributed by atoms with E-state index in [1.807, 2.05) is 11.6 Å². The molecule has 4 nitrogen and oxygen atoms in total. The van der Waals surface area contributed by atoms with Gasteiger partial charge >= 0.3 is 0 Å². The number of thiazole rings is 1. The molecule has 0 saturated carbocycles. The number of hydrogen-bond donors (Lipinski definition) is 1. The third kappa shape index (κ3) is 3.02. The van der Waals surface area contributed by atoms with Crippen LogP contribution in [0.5, 0.6) is 0 Å². The Morgan fingerprint density at radius 1 is 1.47 bits per heavy atom. The fourth-order valence-electron chi connectivity index (χ4n) is 1.42. The van der Waals surface area contributed by atoms with Gasteiger partial charge in [0.1, 0.15) is 5.82 Å². The Labute approximate surface area is 104 Å². The zero-order chi connectivity index (χ0) is 12.1. The van der Waals surface area contributed by atoms with Gasteiger partial charge in [-0.2, -0.15) is 5.26 Å². The van der Waals surface area contributed by atoms with Crippen LogP contribution in [0.4, 0.5) is 5.82 Å². The van der Waals surface area contributed by atoms with E-state index in [-0.39, 0.29) is 0 Å². The molecule has 0 amide bonds. The standard InChI is InChI=1S/C12H12N4S/c1-9(12-15-4-5-17-12)8-16-11-6-10(7-13)2-3-14-11/h2-6,9H,8H2,1H3,(H,14,16). The zero-order valence-corrected chi connectivity index (χ0v) is 10.2. The summed E-state index contributed by atoms with van der Waals surface area (Å²) in [7, 11) is 0. The summed E-state index contributed by atoms with van der Waals surface area (Å²) in [6.45, 7) is 2.87. The van der Waals surface area contributed by atoms with Crippen molar-refractivity contribution in [2.24, 2.45) is 0 Å². The molecule has 1 atom stereocenters. The van der Waals surface area contributed by atoms with Crippen molar-refractivity contribution in [2.75, 3.05) is 11.9 Å². The zero-order valence-electron chi connectivity index (χ0n) is 9.42. The fraction of sp³-hybridized carbons (Fsp3) is 0.250. The van der Waals surface area contributed by atoms with Crippen LogP contribution in [-0.2, 0) is 0 Å². The van der Waals surface area contributed by atoms with E-state index >= 15 is 0 Å². The Hall–Kier alpha value is -1.93. The summed E-state index contributed by atoms with van der Waals surface area (Å²) in [6.07, 6.45) is 3.44. The Morgan fingerprint density at radius 3 is 3.06 bits per heavy atom. The van der Waals surface area contributed by atoms with Crippen molar-refractivity contribution < 1.29 is 0 Å². The molecule has 2 rings (SSSR count). The van der Waals surface area contributed by atoms with Gasteiger partial charge in [0.15, 0.2) is 0 Å². The SMILES string of the molecule is CC(CNc1cc(C#N)ccn1)c1nccs1. The summed E-state index contributed by atoms with van der Waals surface area (Å²) in [4.78, 5) is 8.43. The van der Waals surface area contributed by atoms with E-state index < -0.39 is 0 Å². The molecule has 0 bridgehead atoms. The lowest BCUT2D eigenvalue weighted by molar-refractivity contribution is 0.792. The second-order valence-corrected chi connectivity index (χ2v) is 4.62. The Bertz CT molecular complexity index is 516.